The fourth-order valence-electron chi connectivity index (χ4n) is 0.955. The largest absolute Gasteiger partial charge is 0.491 e. The first-order chi connectivity index (χ1) is 3.98. The third kappa shape index (κ3) is 4.83. The van der Waals surface area contributed by atoms with Gasteiger partial charge in [0.1, 0.15) is 0 Å². The zero-order chi connectivity index (χ0) is 7.49. The summed E-state index contributed by atoms with van der Waals surface area (Å²) in [6, 6.07) is 0. The first-order valence-corrected chi connectivity index (χ1v) is 9.77. The van der Waals surface area contributed by atoms with Gasteiger partial charge in [0.15, 0.2) is 0 Å². The quantitative estimate of drug-likeness (QED) is 0.473. The zero-order valence-electron chi connectivity index (χ0n) is 7.23. The minimum Gasteiger partial charge on any atom is -0.421 e. The molecule has 0 spiro atoms. The van der Waals surface area contributed by atoms with Crippen molar-refractivity contribution >= 4 is 17.4 Å². The maximum Gasteiger partial charge on any atom is 0.491 e. The lowest BCUT2D eigenvalue weighted by Crippen LogP contribution is -3.22. The van der Waals surface area contributed by atoms with Crippen LogP contribution < -0.4 is 9.63 Å². The Bertz CT molecular complexity index is 83.0. The van der Waals surface area contributed by atoms with E-state index in [1.165, 1.54) is 0 Å². The predicted octanol–water partition coefficient (Wildman–Crippen LogP) is -1.57. The highest BCUT2D eigenvalue weighted by molar-refractivity contribution is 6.66. The van der Waals surface area contributed by atoms with Crippen LogP contribution in [-0.4, -0.2) is 24.4 Å². The molecule has 56 valence electrons. The molecule has 0 rings (SSSR count). The third-order valence-corrected chi connectivity index (χ3v) is 9.10. The van der Waals surface area contributed by atoms with Crippen LogP contribution >= 0.6 is 0 Å². The van der Waals surface area contributed by atoms with Crippen molar-refractivity contribution in [2.75, 3.05) is 7.05 Å². The summed E-state index contributed by atoms with van der Waals surface area (Å²) in [5.41, 5.74) is 0. The van der Waals surface area contributed by atoms with Gasteiger partial charge in [0, 0.05) is 13.1 Å². The van der Waals surface area contributed by atoms with Crippen LogP contribution in [0.1, 0.15) is 0 Å². The maximum absolute atomic E-state index is 2.63. The molecule has 0 heterocycles. The molecule has 4 heteroatoms. The molecule has 0 aromatic heterocycles. The summed E-state index contributed by atoms with van der Waals surface area (Å²) >= 11 is 0. The first-order valence-electron chi connectivity index (χ1n) is 3.64. The molecule has 0 aliphatic heterocycles. The minimum absolute atomic E-state index is 0.408. The summed E-state index contributed by atoms with van der Waals surface area (Å²) in [6.07, 6.45) is 0. The molecule has 0 fully saturated rings. The molecule has 9 heavy (non-hydrogen) atoms. The van der Waals surface area contributed by atoms with Gasteiger partial charge in [-0.25, -0.2) is 0 Å². The number of nitrogens with two attached hydrogens (primary N) is 2. The van der Waals surface area contributed by atoms with Gasteiger partial charge < -0.3 is 9.63 Å². The van der Waals surface area contributed by atoms with Crippen molar-refractivity contribution in [2.45, 2.75) is 26.2 Å². The van der Waals surface area contributed by atoms with E-state index in [0.29, 0.717) is 0 Å². The van der Waals surface area contributed by atoms with Gasteiger partial charge in [0.25, 0.3) is 0 Å². The molecule has 0 amide bonds. The van der Waals surface area contributed by atoms with Gasteiger partial charge in [0.2, 0.25) is 8.96 Å². The average Bonchev–Trinajstić information content (AvgIpc) is 1.63. The molecule has 4 N–H and O–H groups in total. The minimum atomic E-state index is -0.929. The maximum atomic E-state index is 2.63. The highest BCUT2D eigenvalue weighted by Gasteiger charge is 2.33. The molecule has 0 unspecified atom stereocenters. The van der Waals surface area contributed by atoms with Crippen molar-refractivity contribution in [2.24, 2.45) is 0 Å². The summed E-state index contributed by atoms with van der Waals surface area (Å²) in [4.78, 5) is 2.40. The second kappa shape index (κ2) is 3.50. The summed E-state index contributed by atoms with van der Waals surface area (Å²) in [5.74, 6) is 0. The molecule has 0 atom stereocenters. The number of rotatable bonds is 3. The van der Waals surface area contributed by atoms with Crippen molar-refractivity contribution in [3.63, 3.8) is 0 Å². The van der Waals surface area contributed by atoms with Crippen LogP contribution in [0.25, 0.3) is 0 Å². The van der Waals surface area contributed by atoms with Crippen LogP contribution in [0.5, 0.6) is 0 Å². The SMILES string of the molecule is C[NH2+][Si](C)(C)[NH2+][SiH](C)C. The van der Waals surface area contributed by atoms with Crippen molar-refractivity contribution in [1.29, 1.82) is 0 Å². The molecule has 0 aromatic rings. The second-order valence-corrected chi connectivity index (χ2v) is 11.6. The van der Waals surface area contributed by atoms with Crippen LogP contribution in [0.2, 0.25) is 26.2 Å². The van der Waals surface area contributed by atoms with Gasteiger partial charge in [-0.1, -0.05) is 0 Å². The van der Waals surface area contributed by atoms with Crippen molar-refractivity contribution in [3.8, 4) is 0 Å². The van der Waals surface area contributed by atoms with E-state index in [1.54, 1.807) is 0 Å². The van der Waals surface area contributed by atoms with E-state index in [-0.39, 0.29) is 0 Å². The highest BCUT2D eigenvalue weighted by Crippen LogP contribution is 1.71. The van der Waals surface area contributed by atoms with Gasteiger partial charge in [-0.3, -0.25) is 0 Å². The standard InChI is InChI=1S/C5H19N2Si2/c1-6-9(4,5)7-8(2)3/h6,8H,7H2,1-5H3/q+1/p+1. The molecular formula is C5H20N2Si2+2. The molecule has 0 saturated heterocycles. The van der Waals surface area contributed by atoms with Gasteiger partial charge in [-0.15, -0.1) is 0 Å². The van der Waals surface area contributed by atoms with E-state index in [0.717, 1.165) is 0 Å². The lowest BCUT2D eigenvalue weighted by atomic mass is 11.6. The van der Waals surface area contributed by atoms with E-state index in [2.05, 4.69) is 42.9 Å². The third-order valence-electron chi connectivity index (χ3n) is 1.51. The van der Waals surface area contributed by atoms with Gasteiger partial charge >= 0.3 is 8.40 Å². The molecule has 0 aliphatic rings. The van der Waals surface area contributed by atoms with Crippen LogP contribution in [-0.2, 0) is 0 Å². The van der Waals surface area contributed by atoms with Crippen molar-refractivity contribution in [3.05, 3.63) is 0 Å². The second-order valence-electron chi connectivity index (χ2n) is 3.52. The predicted molar refractivity (Wildman–Crippen MR) is 46.1 cm³/mol. The van der Waals surface area contributed by atoms with Gasteiger partial charge in [-0.2, -0.15) is 0 Å². The Hall–Kier alpha value is 0.354. The number of hydrogen-bond acceptors (Lipinski definition) is 0. The smallest absolute Gasteiger partial charge is 0.421 e. The van der Waals surface area contributed by atoms with Crippen LogP contribution in [0.3, 0.4) is 0 Å². The monoisotopic (exact) mass is 164 g/mol. The Balaban J connectivity index is 3.58. The summed E-state index contributed by atoms with van der Waals surface area (Å²) in [7, 11) is 0.858. The molecule has 0 aliphatic carbocycles. The van der Waals surface area contributed by atoms with Crippen LogP contribution in [0.15, 0.2) is 0 Å². The summed E-state index contributed by atoms with van der Waals surface area (Å²) in [6.45, 7) is 9.58. The first kappa shape index (κ1) is 9.35. The topological polar surface area (TPSA) is 33.2 Å². The van der Waals surface area contributed by atoms with Gasteiger partial charge in [-0.05, 0) is 13.1 Å². The van der Waals surface area contributed by atoms with Crippen LogP contribution in [0, 0.1) is 0 Å². The molecule has 0 radical (unpaired) electrons. The van der Waals surface area contributed by atoms with E-state index in [4.69, 9.17) is 0 Å². The highest BCUT2D eigenvalue weighted by atomic mass is 28.4. The fraction of sp³-hybridized carbons (Fsp3) is 1.00. The zero-order valence-corrected chi connectivity index (χ0v) is 9.39. The Morgan fingerprint density at radius 3 is 1.78 bits per heavy atom. The van der Waals surface area contributed by atoms with E-state index < -0.39 is 17.4 Å². The Labute approximate surface area is 60.9 Å². The van der Waals surface area contributed by atoms with Crippen molar-refractivity contribution in [1.82, 2.24) is 0 Å². The average molecular weight is 164 g/mol. The number of hydrogen-bond donors (Lipinski definition) is 2. The molecule has 0 aromatic carbocycles. The fourth-order valence-corrected chi connectivity index (χ4v) is 8.60. The normalized spacial score (nSPS) is 12.7. The Kier molecular flexibility index (Phi) is 3.64. The lowest BCUT2D eigenvalue weighted by molar-refractivity contribution is -0.595. The Morgan fingerprint density at radius 1 is 1.22 bits per heavy atom. The van der Waals surface area contributed by atoms with Gasteiger partial charge in [0.05, 0.1) is 7.05 Å². The molecule has 2 nitrogen and oxygen atoms in total. The lowest BCUT2D eigenvalue weighted by Gasteiger charge is -2.14. The van der Waals surface area contributed by atoms with Crippen LogP contribution in [0.4, 0.5) is 0 Å². The summed E-state index contributed by atoms with van der Waals surface area (Å²) in [5, 5.41) is 0. The molecule has 0 bridgehead atoms. The number of quaternary nitrogens is 2. The van der Waals surface area contributed by atoms with Crippen molar-refractivity contribution < 1.29 is 9.63 Å². The molecule has 0 saturated carbocycles. The van der Waals surface area contributed by atoms with E-state index >= 15 is 0 Å². The van der Waals surface area contributed by atoms with E-state index in [1.807, 2.05) is 0 Å². The van der Waals surface area contributed by atoms with E-state index in [9.17, 15) is 0 Å². The molecular weight excluding hydrogens is 144 g/mol. The summed E-state index contributed by atoms with van der Waals surface area (Å²) < 4.78 is 2.63. The Morgan fingerprint density at radius 2 is 1.67 bits per heavy atom.